The Kier molecular flexibility index (Phi) is 9.41. The van der Waals surface area contributed by atoms with Gasteiger partial charge in [-0.3, -0.25) is 9.59 Å². The van der Waals surface area contributed by atoms with Crippen molar-refractivity contribution in [3.05, 3.63) is 0 Å². The summed E-state index contributed by atoms with van der Waals surface area (Å²) in [6.07, 6.45) is 10.5. The molecule has 0 aromatic carbocycles. The first-order valence-electron chi connectivity index (χ1n) is 11.9. The zero-order valence-corrected chi connectivity index (χ0v) is 18.3. The van der Waals surface area contributed by atoms with Gasteiger partial charge >= 0.3 is 0 Å². The number of nitriles is 1. The van der Waals surface area contributed by atoms with Crippen LogP contribution in [0.2, 0.25) is 0 Å². The molecular weight excluding hydrogens is 380 g/mol. The number of nitrogens with zero attached hydrogens (tertiary/aromatic N) is 3. The van der Waals surface area contributed by atoms with Gasteiger partial charge in [-0.2, -0.15) is 5.26 Å². The molecule has 0 bridgehead atoms. The molecule has 0 aromatic rings. The van der Waals surface area contributed by atoms with Gasteiger partial charge in [-0.25, -0.2) is 0 Å². The number of morpholine rings is 1. The number of rotatable bonds is 8. The molecule has 2 amide bonds. The first kappa shape index (κ1) is 23.0. The Morgan fingerprint density at radius 2 is 1.67 bits per heavy atom. The number of amides is 2. The molecule has 0 aromatic heterocycles. The fourth-order valence-corrected chi connectivity index (χ4v) is 5.07. The average Bonchev–Trinajstić information content (AvgIpc) is 2.80. The average molecular weight is 419 g/mol. The topological polar surface area (TPSA) is 85.7 Å². The lowest BCUT2D eigenvalue weighted by Gasteiger charge is -2.31. The second-order valence-electron chi connectivity index (χ2n) is 9.19. The first-order chi connectivity index (χ1) is 14.7. The van der Waals surface area contributed by atoms with Crippen molar-refractivity contribution in [2.24, 2.45) is 11.8 Å². The summed E-state index contributed by atoms with van der Waals surface area (Å²) in [5.41, 5.74) is 0. The molecule has 7 nitrogen and oxygen atoms in total. The minimum Gasteiger partial charge on any atom is -0.378 e. The number of likely N-dealkylation sites (tertiary alicyclic amines) is 1. The maximum atomic E-state index is 13.2. The zero-order chi connectivity index (χ0) is 21.2. The van der Waals surface area contributed by atoms with Gasteiger partial charge in [0, 0.05) is 32.0 Å². The Balaban J connectivity index is 1.58. The number of ether oxygens (including phenoxy) is 1. The Hall–Kier alpha value is -1.65. The van der Waals surface area contributed by atoms with E-state index in [4.69, 9.17) is 4.74 Å². The largest absolute Gasteiger partial charge is 0.378 e. The van der Waals surface area contributed by atoms with E-state index in [2.05, 4.69) is 16.3 Å². The summed E-state index contributed by atoms with van der Waals surface area (Å²) in [4.78, 5) is 30.1. The van der Waals surface area contributed by atoms with E-state index in [0.29, 0.717) is 38.8 Å². The summed E-state index contributed by atoms with van der Waals surface area (Å²) < 4.78 is 5.35. The molecule has 2 atom stereocenters. The summed E-state index contributed by atoms with van der Waals surface area (Å²) >= 11 is 0. The third-order valence-corrected chi connectivity index (χ3v) is 6.86. The molecule has 2 aliphatic heterocycles. The lowest BCUT2D eigenvalue weighted by atomic mass is 9.81. The van der Waals surface area contributed by atoms with Gasteiger partial charge in [-0.15, -0.1) is 0 Å². The molecule has 2 heterocycles. The van der Waals surface area contributed by atoms with Gasteiger partial charge in [0.05, 0.1) is 19.3 Å². The van der Waals surface area contributed by atoms with Crippen molar-refractivity contribution < 1.29 is 14.3 Å². The molecule has 1 aliphatic carbocycles. The van der Waals surface area contributed by atoms with Crippen molar-refractivity contribution in [1.82, 2.24) is 15.1 Å². The van der Waals surface area contributed by atoms with Gasteiger partial charge in [-0.1, -0.05) is 38.5 Å². The van der Waals surface area contributed by atoms with Crippen LogP contribution >= 0.6 is 0 Å². The van der Waals surface area contributed by atoms with E-state index in [1.54, 1.807) is 0 Å². The van der Waals surface area contributed by atoms with Crippen LogP contribution in [0.25, 0.3) is 0 Å². The Morgan fingerprint density at radius 1 is 1.00 bits per heavy atom. The summed E-state index contributed by atoms with van der Waals surface area (Å²) in [5, 5.41) is 12.6. The van der Waals surface area contributed by atoms with E-state index in [0.717, 1.165) is 45.2 Å². The SMILES string of the molecule is N#CC(CN1CCCCC1)NC(=O)C(CC(=O)N1CCOCC1)CC1CCCCC1. The number of hydrogen-bond donors (Lipinski definition) is 1. The Labute approximate surface area is 181 Å². The maximum absolute atomic E-state index is 13.2. The van der Waals surface area contributed by atoms with E-state index in [1.165, 1.54) is 25.7 Å². The number of hydrogen-bond acceptors (Lipinski definition) is 5. The van der Waals surface area contributed by atoms with E-state index in [9.17, 15) is 14.9 Å². The zero-order valence-electron chi connectivity index (χ0n) is 18.3. The van der Waals surface area contributed by atoms with E-state index >= 15 is 0 Å². The van der Waals surface area contributed by atoms with Crippen LogP contribution in [0.1, 0.15) is 64.2 Å². The second kappa shape index (κ2) is 12.3. The molecular formula is C23H38N4O3. The monoisotopic (exact) mass is 418 g/mol. The predicted octanol–water partition coefficient (Wildman–Crippen LogP) is 2.32. The molecule has 7 heteroatoms. The van der Waals surface area contributed by atoms with Crippen LogP contribution in [0.3, 0.4) is 0 Å². The number of carbonyl (C=O) groups excluding carboxylic acids is 2. The van der Waals surface area contributed by atoms with E-state index in [-0.39, 0.29) is 24.2 Å². The summed E-state index contributed by atoms with van der Waals surface area (Å²) in [6, 6.07) is 1.76. The number of nitrogens with one attached hydrogen (secondary N) is 1. The van der Waals surface area contributed by atoms with Gasteiger partial charge in [0.25, 0.3) is 0 Å². The van der Waals surface area contributed by atoms with Crippen molar-refractivity contribution in [2.75, 3.05) is 45.9 Å². The van der Waals surface area contributed by atoms with Crippen LogP contribution in [0.5, 0.6) is 0 Å². The molecule has 3 rings (SSSR count). The van der Waals surface area contributed by atoms with Crippen molar-refractivity contribution >= 4 is 11.8 Å². The van der Waals surface area contributed by atoms with Crippen molar-refractivity contribution in [1.29, 1.82) is 5.26 Å². The van der Waals surface area contributed by atoms with Gasteiger partial charge in [0.15, 0.2) is 0 Å². The number of carbonyl (C=O) groups is 2. The van der Waals surface area contributed by atoms with E-state index < -0.39 is 6.04 Å². The van der Waals surface area contributed by atoms with Crippen LogP contribution < -0.4 is 5.32 Å². The second-order valence-corrected chi connectivity index (χ2v) is 9.19. The third-order valence-electron chi connectivity index (χ3n) is 6.86. The summed E-state index contributed by atoms with van der Waals surface area (Å²) in [7, 11) is 0. The van der Waals surface area contributed by atoms with Crippen LogP contribution in [0.15, 0.2) is 0 Å². The van der Waals surface area contributed by atoms with E-state index in [1.807, 2.05) is 4.90 Å². The molecule has 3 aliphatic rings. The minimum atomic E-state index is -0.511. The Morgan fingerprint density at radius 3 is 2.33 bits per heavy atom. The van der Waals surface area contributed by atoms with Gasteiger partial charge in [0.1, 0.15) is 6.04 Å². The predicted molar refractivity (Wildman–Crippen MR) is 115 cm³/mol. The Bertz CT molecular complexity index is 588. The summed E-state index contributed by atoms with van der Waals surface area (Å²) in [6.45, 7) is 4.91. The molecule has 2 saturated heterocycles. The van der Waals surface area contributed by atoms with Crippen LogP contribution in [0.4, 0.5) is 0 Å². The standard InChI is InChI=1S/C23H38N4O3/c24-17-21(18-26-9-5-2-6-10-26)25-23(29)20(15-19-7-3-1-4-8-19)16-22(28)27-11-13-30-14-12-27/h19-21H,1-16,18H2,(H,25,29). The number of piperidine rings is 1. The molecule has 168 valence electrons. The maximum Gasteiger partial charge on any atom is 0.224 e. The highest BCUT2D eigenvalue weighted by molar-refractivity contribution is 5.86. The molecule has 0 spiro atoms. The fourth-order valence-electron chi connectivity index (χ4n) is 5.07. The minimum absolute atomic E-state index is 0.0406. The summed E-state index contributed by atoms with van der Waals surface area (Å²) in [5.74, 6) is 0.0832. The highest BCUT2D eigenvalue weighted by atomic mass is 16.5. The van der Waals surface area contributed by atoms with Crippen molar-refractivity contribution in [2.45, 2.75) is 70.3 Å². The van der Waals surface area contributed by atoms with Crippen LogP contribution in [0, 0.1) is 23.2 Å². The molecule has 3 fully saturated rings. The van der Waals surface area contributed by atoms with Crippen molar-refractivity contribution in [3.63, 3.8) is 0 Å². The van der Waals surface area contributed by atoms with Gasteiger partial charge in [0.2, 0.25) is 11.8 Å². The van der Waals surface area contributed by atoms with Gasteiger partial charge < -0.3 is 19.9 Å². The lowest BCUT2D eigenvalue weighted by molar-refractivity contribution is -0.140. The molecule has 0 radical (unpaired) electrons. The molecule has 30 heavy (non-hydrogen) atoms. The smallest absolute Gasteiger partial charge is 0.224 e. The lowest BCUT2D eigenvalue weighted by Crippen LogP contribution is -2.48. The third kappa shape index (κ3) is 7.24. The molecule has 2 unspecified atom stereocenters. The quantitative estimate of drug-likeness (QED) is 0.654. The first-order valence-corrected chi connectivity index (χ1v) is 11.9. The molecule has 1 saturated carbocycles. The van der Waals surface area contributed by atoms with Crippen molar-refractivity contribution in [3.8, 4) is 6.07 Å². The van der Waals surface area contributed by atoms with Crippen LogP contribution in [-0.2, 0) is 14.3 Å². The highest BCUT2D eigenvalue weighted by Crippen LogP contribution is 2.30. The fraction of sp³-hybridized carbons (Fsp3) is 0.870. The normalized spacial score (nSPS) is 23.4. The molecule has 1 N–H and O–H groups in total. The van der Waals surface area contributed by atoms with Crippen LogP contribution in [-0.4, -0.2) is 73.6 Å². The highest BCUT2D eigenvalue weighted by Gasteiger charge is 2.30. The van der Waals surface area contributed by atoms with Gasteiger partial charge in [-0.05, 0) is 38.3 Å².